The first-order valence-electron chi connectivity index (χ1n) is 3.75. The number of nitrogens with two attached hydrogens (primary N) is 1. The Hall–Kier alpha value is -0.250. The molecule has 4 heteroatoms. The van der Waals surface area contributed by atoms with Crippen molar-refractivity contribution in [3.8, 4) is 0 Å². The van der Waals surface area contributed by atoms with Crippen LogP contribution in [0.15, 0.2) is 17.3 Å². The van der Waals surface area contributed by atoms with Crippen molar-refractivity contribution in [3.05, 3.63) is 22.8 Å². The SMILES string of the molecule is CCSc1nccc(CN)c1Cl. The smallest absolute Gasteiger partial charge is 0.115 e. The number of hydrogen-bond acceptors (Lipinski definition) is 3. The molecule has 1 aromatic rings. The first-order valence-corrected chi connectivity index (χ1v) is 5.12. The summed E-state index contributed by atoms with van der Waals surface area (Å²) in [6.45, 7) is 2.54. The van der Waals surface area contributed by atoms with Crippen LogP contribution in [0.25, 0.3) is 0 Å². The number of pyridine rings is 1. The third kappa shape index (κ3) is 2.12. The van der Waals surface area contributed by atoms with Gasteiger partial charge >= 0.3 is 0 Å². The Bertz CT molecular complexity index is 265. The van der Waals surface area contributed by atoms with Gasteiger partial charge in [0.25, 0.3) is 0 Å². The van der Waals surface area contributed by atoms with Crippen molar-refractivity contribution >= 4 is 23.4 Å². The van der Waals surface area contributed by atoms with Gasteiger partial charge in [-0.3, -0.25) is 0 Å². The highest BCUT2D eigenvalue weighted by Crippen LogP contribution is 2.27. The van der Waals surface area contributed by atoms with E-state index in [-0.39, 0.29) is 0 Å². The van der Waals surface area contributed by atoms with Gasteiger partial charge in [-0.1, -0.05) is 18.5 Å². The normalized spacial score (nSPS) is 10.2. The average molecular weight is 203 g/mol. The van der Waals surface area contributed by atoms with Gasteiger partial charge in [0.2, 0.25) is 0 Å². The zero-order chi connectivity index (χ0) is 8.97. The summed E-state index contributed by atoms with van der Waals surface area (Å²) >= 11 is 7.66. The molecular formula is C8H11ClN2S. The van der Waals surface area contributed by atoms with E-state index >= 15 is 0 Å². The summed E-state index contributed by atoms with van der Waals surface area (Å²) in [4.78, 5) is 4.15. The third-order valence-corrected chi connectivity index (χ3v) is 2.84. The van der Waals surface area contributed by atoms with Crippen LogP contribution < -0.4 is 5.73 Å². The lowest BCUT2D eigenvalue weighted by atomic mass is 10.3. The van der Waals surface area contributed by atoms with Crippen LogP contribution in [0.1, 0.15) is 12.5 Å². The molecule has 2 nitrogen and oxygen atoms in total. The van der Waals surface area contributed by atoms with Crippen LogP contribution in [0.4, 0.5) is 0 Å². The third-order valence-electron chi connectivity index (χ3n) is 1.44. The fourth-order valence-electron chi connectivity index (χ4n) is 0.857. The number of nitrogens with zero attached hydrogens (tertiary/aromatic N) is 1. The molecule has 1 rings (SSSR count). The van der Waals surface area contributed by atoms with Crippen molar-refractivity contribution in [3.63, 3.8) is 0 Å². The number of rotatable bonds is 3. The molecule has 0 unspecified atom stereocenters. The topological polar surface area (TPSA) is 38.9 Å². The molecule has 12 heavy (non-hydrogen) atoms. The van der Waals surface area contributed by atoms with Gasteiger partial charge in [0.1, 0.15) is 5.03 Å². The second kappa shape index (κ2) is 4.70. The molecule has 66 valence electrons. The summed E-state index contributed by atoms with van der Waals surface area (Å²) in [5, 5.41) is 1.58. The summed E-state index contributed by atoms with van der Waals surface area (Å²) in [5.74, 6) is 0.973. The van der Waals surface area contributed by atoms with E-state index in [1.54, 1.807) is 18.0 Å². The van der Waals surface area contributed by atoms with Crippen LogP contribution in [0.2, 0.25) is 5.02 Å². The van der Waals surface area contributed by atoms with Crippen molar-refractivity contribution in [2.24, 2.45) is 5.73 Å². The lowest BCUT2D eigenvalue weighted by molar-refractivity contribution is 1.02. The maximum absolute atomic E-state index is 6.02. The number of aromatic nitrogens is 1. The molecular weight excluding hydrogens is 192 g/mol. The van der Waals surface area contributed by atoms with Gasteiger partial charge < -0.3 is 5.73 Å². The Kier molecular flexibility index (Phi) is 3.85. The van der Waals surface area contributed by atoms with Gasteiger partial charge in [-0.05, 0) is 17.4 Å². The minimum Gasteiger partial charge on any atom is -0.326 e. The Morgan fingerprint density at radius 2 is 2.42 bits per heavy atom. The predicted octanol–water partition coefficient (Wildman–Crippen LogP) is 2.31. The van der Waals surface area contributed by atoms with Crippen molar-refractivity contribution in [2.75, 3.05) is 5.75 Å². The van der Waals surface area contributed by atoms with Crippen LogP contribution >= 0.6 is 23.4 Å². The van der Waals surface area contributed by atoms with E-state index in [1.165, 1.54) is 0 Å². The Labute approximate surface area is 81.5 Å². The molecule has 0 aliphatic carbocycles. The van der Waals surface area contributed by atoms with Crippen LogP contribution in [-0.2, 0) is 6.54 Å². The maximum atomic E-state index is 6.02. The molecule has 0 atom stereocenters. The molecule has 0 radical (unpaired) electrons. The fraction of sp³-hybridized carbons (Fsp3) is 0.375. The molecule has 0 fully saturated rings. The monoisotopic (exact) mass is 202 g/mol. The van der Waals surface area contributed by atoms with Crippen molar-refractivity contribution in [2.45, 2.75) is 18.5 Å². The Morgan fingerprint density at radius 1 is 1.67 bits per heavy atom. The van der Waals surface area contributed by atoms with Crippen LogP contribution in [-0.4, -0.2) is 10.7 Å². The van der Waals surface area contributed by atoms with E-state index < -0.39 is 0 Å². The molecule has 0 aliphatic heterocycles. The van der Waals surface area contributed by atoms with Gasteiger partial charge in [-0.25, -0.2) is 4.98 Å². The average Bonchev–Trinajstić information content (AvgIpc) is 2.09. The van der Waals surface area contributed by atoms with E-state index in [2.05, 4.69) is 11.9 Å². The Morgan fingerprint density at radius 3 is 3.00 bits per heavy atom. The lowest BCUT2D eigenvalue weighted by Gasteiger charge is -2.04. The van der Waals surface area contributed by atoms with E-state index in [1.807, 2.05) is 6.07 Å². The Balaban J connectivity index is 2.97. The molecule has 0 aliphatic rings. The molecule has 1 aromatic heterocycles. The summed E-state index contributed by atoms with van der Waals surface area (Å²) < 4.78 is 0. The van der Waals surface area contributed by atoms with Gasteiger partial charge in [0.15, 0.2) is 0 Å². The zero-order valence-electron chi connectivity index (χ0n) is 6.88. The van der Waals surface area contributed by atoms with E-state index in [0.717, 1.165) is 16.3 Å². The predicted molar refractivity (Wildman–Crippen MR) is 53.5 cm³/mol. The quantitative estimate of drug-likeness (QED) is 0.765. The molecule has 0 bridgehead atoms. The van der Waals surface area contributed by atoms with Gasteiger partial charge in [0.05, 0.1) is 5.02 Å². The molecule has 1 heterocycles. The molecule has 2 N–H and O–H groups in total. The largest absolute Gasteiger partial charge is 0.326 e. The highest BCUT2D eigenvalue weighted by Gasteiger charge is 2.04. The number of thioether (sulfide) groups is 1. The van der Waals surface area contributed by atoms with E-state index in [9.17, 15) is 0 Å². The summed E-state index contributed by atoms with van der Waals surface area (Å²) in [7, 11) is 0. The van der Waals surface area contributed by atoms with Crippen molar-refractivity contribution in [1.29, 1.82) is 0 Å². The minimum atomic E-state index is 0.471. The van der Waals surface area contributed by atoms with Gasteiger partial charge in [-0.2, -0.15) is 0 Å². The van der Waals surface area contributed by atoms with E-state index in [0.29, 0.717) is 11.6 Å². The first kappa shape index (κ1) is 9.84. The van der Waals surface area contributed by atoms with Gasteiger partial charge in [0, 0.05) is 12.7 Å². The zero-order valence-corrected chi connectivity index (χ0v) is 8.45. The van der Waals surface area contributed by atoms with Crippen LogP contribution in [0.5, 0.6) is 0 Å². The highest BCUT2D eigenvalue weighted by molar-refractivity contribution is 7.99. The summed E-state index contributed by atoms with van der Waals surface area (Å²) in [6.07, 6.45) is 1.74. The highest BCUT2D eigenvalue weighted by atomic mass is 35.5. The molecule has 0 spiro atoms. The van der Waals surface area contributed by atoms with Crippen LogP contribution in [0, 0.1) is 0 Å². The molecule has 0 saturated carbocycles. The number of halogens is 1. The van der Waals surface area contributed by atoms with E-state index in [4.69, 9.17) is 17.3 Å². The van der Waals surface area contributed by atoms with Crippen molar-refractivity contribution in [1.82, 2.24) is 4.98 Å². The second-order valence-corrected chi connectivity index (χ2v) is 3.86. The van der Waals surface area contributed by atoms with Crippen LogP contribution in [0.3, 0.4) is 0 Å². The van der Waals surface area contributed by atoms with Crippen molar-refractivity contribution < 1.29 is 0 Å². The fourth-order valence-corrected chi connectivity index (χ4v) is 1.88. The molecule has 0 aromatic carbocycles. The standard InChI is InChI=1S/C8H11ClN2S/c1-2-12-8-7(9)6(5-10)3-4-11-8/h3-4H,2,5,10H2,1H3. The maximum Gasteiger partial charge on any atom is 0.115 e. The number of hydrogen-bond donors (Lipinski definition) is 1. The summed E-state index contributed by atoms with van der Waals surface area (Å²) in [6, 6.07) is 1.85. The molecule has 0 amide bonds. The first-order chi connectivity index (χ1) is 5.79. The van der Waals surface area contributed by atoms with Gasteiger partial charge in [-0.15, -0.1) is 11.8 Å². The molecule has 0 saturated heterocycles. The second-order valence-electron chi connectivity index (χ2n) is 2.23. The summed E-state index contributed by atoms with van der Waals surface area (Å²) in [5.41, 5.74) is 6.45. The minimum absolute atomic E-state index is 0.471. The lowest BCUT2D eigenvalue weighted by Crippen LogP contribution is -1.98.